The minimum Gasteiger partial charge on any atom is -0.374 e. The first kappa shape index (κ1) is 15.4. The third-order valence-corrected chi connectivity index (χ3v) is 5.87. The molecule has 2 unspecified atom stereocenters. The smallest absolute Gasteiger partial charge is 0.0795 e. The first-order chi connectivity index (χ1) is 10.2. The van der Waals surface area contributed by atoms with Crippen LogP contribution in [-0.4, -0.2) is 46.1 Å². The molecule has 118 valence electrons. The van der Waals surface area contributed by atoms with E-state index in [9.17, 15) is 0 Å². The van der Waals surface area contributed by atoms with Crippen molar-refractivity contribution in [3.05, 3.63) is 17.5 Å². The van der Waals surface area contributed by atoms with E-state index in [4.69, 9.17) is 4.74 Å². The lowest BCUT2D eigenvalue weighted by molar-refractivity contribution is -0.0700. The Kier molecular flexibility index (Phi) is 4.92. The number of aryl methyl sites for hydroxylation is 3. The highest BCUT2D eigenvalue weighted by atomic mass is 32.2. The first-order valence-corrected chi connectivity index (χ1v) is 9.29. The average molecular weight is 309 g/mol. The Morgan fingerprint density at radius 2 is 2.43 bits per heavy atom. The topological polar surface area (TPSA) is 39.1 Å². The maximum atomic E-state index is 6.08. The van der Waals surface area contributed by atoms with Crippen molar-refractivity contribution >= 4 is 11.8 Å². The van der Waals surface area contributed by atoms with Gasteiger partial charge in [-0.15, -0.1) is 0 Å². The summed E-state index contributed by atoms with van der Waals surface area (Å²) in [4.78, 5) is 0. The van der Waals surface area contributed by atoms with Crippen molar-refractivity contribution in [2.24, 2.45) is 0 Å². The van der Waals surface area contributed by atoms with Crippen LogP contribution in [0.4, 0.5) is 0 Å². The SMILES string of the molecule is Cc1cc(C)n(CCCNC2CCOC3(CCSC3)C2)n1. The fourth-order valence-corrected chi connectivity index (χ4v) is 4.88. The van der Waals surface area contributed by atoms with Crippen LogP contribution in [0.3, 0.4) is 0 Å². The fraction of sp³-hybridized carbons (Fsp3) is 0.812. The predicted octanol–water partition coefficient (Wildman–Crippen LogP) is 2.53. The molecular weight excluding hydrogens is 282 g/mol. The van der Waals surface area contributed by atoms with Gasteiger partial charge in [0, 0.05) is 30.6 Å². The van der Waals surface area contributed by atoms with Gasteiger partial charge < -0.3 is 10.1 Å². The average Bonchev–Trinajstić information content (AvgIpc) is 3.02. The molecule has 5 heteroatoms. The highest BCUT2D eigenvalue weighted by molar-refractivity contribution is 7.99. The number of nitrogens with one attached hydrogen (secondary N) is 1. The van der Waals surface area contributed by atoms with E-state index in [1.807, 2.05) is 11.8 Å². The monoisotopic (exact) mass is 309 g/mol. The lowest BCUT2D eigenvalue weighted by atomic mass is 9.90. The normalized spacial score (nSPS) is 29.3. The second kappa shape index (κ2) is 6.71. The molecule has 2 aliphatic rings. The van der Waals surface area contributed by atoms with Gasteiger partial charge in [-0.25, -0.2) is 0 Å². The van der Waals surface area contributed by atoms with Crippen molar-refractivity contribution in [2.45, 2.75) is 57.7 Å². The lowest BCUT2D eigenvalue weighted by Crippen LogP contribution is -2.47. The Hall–Kier alpha value is -0.520. The fourth-order valence-electron chi connectivity index (χ4n) is 3.50. The van der Waals surface area contributed by atoms with E-state index in [0.29, 0.717) is 6.04 Å². The summed E-state index contributed by atoms with van der Waals surface area (Å²) in [5, 5.41) is 8.26. The van der Waals surface area contributed by atoms with Crippen molar-refractivity contribution in [1.29, 1.82) is 0 Å². The maximum Gasteiger partial charge on any atom is 0.0795 e. The Morgan fingerprint density at radius 3 is 3.14 bits per heavy atom. The number of nitrogens with zero attached hydrogens (tertiary/aromatic N) is 2. The number of rotatable bonds is 5. The number of thioether (sulfide) groups is 1. The van der Waals surface area contributed by atoms with Crippen LogP contribution in [0.2, 0.25) is 0 Å². The molecule has 0 radical (unpaired) electrons. The van der Waals surface area contributed by atoms with Gasteiger partial charge in [-0.2, -0.15) is 16.9 Å². The zero-order chi connectivity index (χ0) is 14.7. The van der Waals surface area contributed by atoms with Crippen LogP contribution >= 0.6 is 11.8 Å². The van der Waals surface area contributed by atoms with E-state index in [1.165, 1.54) is 30.0 Å². The molecular formula is C16H27N3OS. The Labute approximate surface area is 132 Å². The minimum atomic E-state index is 0.191. The van der Waals surface area contributed by atoms with Crippen LogP contribution < -0.4 is 5.32 Å². The molecule has 3 rings (SSSR count). The van der Waals surface area contributed by atoms with E-state index in [0.717, 1.165) is 38.2 Å². The summed E-state index contributed by atoms with van der Waals surface area (Å²) in [6.45, 7) is 7.20. The molecule has 2 fully saturated rings. The number of aromatic nitrogens is 2. The van der Waals surface area contributed by atoms with Gasteiger partial charge in [0.1, 0.15) is 0 Å². The molecule has 4 nitrogen and oxygen atoms in total. The van der Waals surface area contributed by atoms with Crippen molar-refractivity contribution in [3.8, 4) is 0 Å². The molecule has 0 amide bonds. The van der Waals surface area contributed by atoms with Crippen molar-refractivity contribution in [1.82, 2.24) is 15.1 Å². The van der Waals surface area contributed by atoms with E-state index in [2.05, 4.69) is 35.0 Å². The molecule has 0 aromatic carbocycles. The van der Waals surface area contributed by atoms with Gasteiger partial charge in [0.2, 0.25) is 0 Å². The molecule has 2 aliphatic heterocycles. The molecule has 2 saturated heterocycles. The highest BCUT2D eigenvalue weighted by Gasteiger charge is 2.40. The Morgan fingerprint density at radius 1 is 1.52 bits per heavy atom. The summed E-state index contributed by atoms with van der Waals surface area (Å²) in [7, 11) is 0. The van der Waals surface area contributed by atoms with Crippen molar-refractivity contribution in [2.75, 3.05) is 24.7 Å². The van der Waals surface area contributed by atoms with Gasteiger partial charge in [-0.3, -0.25) is 4.68 Å². The Balaban J connectivity index is 1.40. The van der Waals surface area contributed by atoms with Crippen LogP contribution in [0.1, 0.15) is 37.1 Å². The summed E-state index contributed by atoms with van der Waals surface area (Å²) in [5.41, 5.74) is 2.57. The lowest BCUT2D eigenvalue weighted by Gasteiger charge is -2.38. The van der Waals surface area contributed by atoms with Gasteiger partial charge in [0.15, 0.2) is 0 Å². The quantitative estimate of drug-likeness (QED) is 0.849. The summed E-state index contributed by atoms with van der Waals surface area (Å²) >= 11 is 2.05. The molecule has 1 spiro atoms. The number of hydrogen-bond acceptors (Lipinski definition) is 4. The number of hydrogen-bond donors (Lipinski definition) is 1. The zero-order valence-corrected chi connectivity index (χ0v) is 14.0. The van der Waals surface area contributed by atoms with Crippen LogP contribution in [0.5, 0.6) is 0 Å². The third-order valence-electron chi connectivity index (χ3n) is 4.64. The van der Waals surface area contributed by atoms with E-state index < -0.39 is 0 Å². The van der Waals surface area contributed by atoms with E-state index in [-0.39, 0.29) is 5.60 Å². The first-order valence-electron chi connectivity index (χ1n) is 8.13. The molecule has 1 N–H and O–H groups in total. The van der Waals surface area contributed by atoms with E-state index in [1.54, 1.807) is 0 Å². The Bertz CT molecular complexity index is 468. The largest absolute Gasteiger partial charge is 0.374 e. The molecule has 0 aliphatic carbocycles. The molecule has 0 bridgehead atoms. The molecule has 0 saturated carbocycles. The third kappa shape index (κ3) is 3.82. The molecule has 1 aromatic heterocycles. The van der Waals surface area contributed by atoms with Gasteiger partial charge in [0.25, 0.3) is 0 Å². The summed E-state index contributed by atoms with van der Waals surface area (Å²) in [6.07, 6.45) is 4.73. The summed E-state index contributed by atoms with van der Waals surface area (Å²) < 4.78 is 8.20. The molecule has 3 heterocycles. The van der Waals surface area contributed by atoms with Gasteiger partial charge >= 0.3 is 0 Å². The van der Waals surface area contributed by atoms with Gasteiger partial charge in [-0.1, -0.05) is 0 Å². The minimum absolute atomic E-state index is 0.191. The van der Waals surface area contributed by atoms with Crippen LogP contribution in [0, 0.1) is 13.8 Å². The molecule has 1 aromatic rings. The second-order valence-electron chi connectivity index (χ2n) is 6.48. The van der Waals surface area contributed by atoms with Crippen molar-refractivity contribution in [3.63, 3.8) is 0 Å². The number of ether oxygens (including phenoxy) is 1. The second-order valence-corrected chi connectivity index (χ2v) is 7.59. The summed E-state index contributed by atoms with van der Waals surface area (Å²) in [6, 6.07) is 2.78. The summed E-state index contributed by atoms with van der Waals surface area (Å²) in [5.74, 6) is 2.46. The van der Waals surface area contributed by atoms with Crippen LogP contribution in [-0.2, 0) is 11.3 Å². The van der Waals surface area contributed by atoms with Crippen LogP contribution in [0.25, 0.3) is 0 Å². The van der Waals surface area contributed by atoms with Crippen LogP contribution in [0.15, 0.2) is 6.07 Å². The maximum absolute atomic E-state index is 6.08. The molecule has 21 heavy (non-hydrogen) atoms. The van der Waals surface area contributed by atoms with E-state index >= 15 is 0 Å². The molecule has 2 atom stereocenters. The zero-order valence-electron chi connectivity index (χ0n) is 13.2. The van der Waals surface area contributed by atoms with Crippen molar-refractivity contribution < 1.29 is 4.74 Å². The predicted molar refractivity (Wildman–Crippen MR) is 88.0 cm³/mol. The highest BCUT2D eigenvalue weighted by Crippen LogP contribution is 2.38. The standard InChI is InChI=1S/C16H27N3OS/c1-13-10-14(2)19(18-13)7-3-6-17-15-4-8-20-16(11-15)5-9-21-12-16/h10,15,17H,3-9,11-12H2,1-2H3. The van der Waals surface area contributed by atoms with Gasteiger partial charge in [-0.05, 0) is 57.9 Å². The van der Waals surface area contributed by atoms with Gasteiger partial charge in [0.05, 0.1) is 11.3 Å².